The van der Waals surface area contributed by atoms with Gasteiger partial charge >= 0.3 is 0 Å². The van der Waals surface area contributed by atoms with Crippen LogP contribution in [0, 0.1) is 11.3 Å². The molecular formula is C17H13ClN4O2S2. The van der Waals surface area contributed by atoms with Gasteiger partial charge in [0.1, 0.15) is 17.6 Å². The Morgan fingerprint density at radius 1 is 1.46 bits per heavy atom. The summed E-state index contributed by atoms with van der Waals surface area (Å²) in [4.78, 5) is 30.3. The van der Waals surface area contributed by atoms with Gasteiger partial charge in [-0.25, -0.2) is 0 Å². The Balaban J connectivity index is 1.73. The molecule has 0 saturated carbocycles. The molecule has 2 amide bonds. The number of rotatable bonds is 4. The number of nitrogens with one attached hydrogen (secondary N) is 1. The highest BCUT2D eigenvalue weighted by Crippen LogP contribution is 2.32. The van der Waals surface area contributed by atoms with E-state index in [0.29, 0.717) is 26.4 Å². The molecule has 1 aliphatic heterocycles. The van der Waals surface area contributed by atoms with Crippen LogP contribution in [0.15, 0.2) is 40.7 Å². The standard InChI is InChI=1S/C17H13ClN4O2S2/c1-10(15(24)21-16-11(8-19)6-7-25-16)26-17-20-9-14(23)22(17)13-5-3-2-4-12(13)18/h2-7,10H,9H2,1H3,(H,21,24)/t10-/m1/s1. The van der Waals surface area contributed by atoms with E-state index in [4.69, 9.17) is 16.9 Å². The zero-order chi connectivity index (χ0) is 18.7. The van der Waals surface area contributed by atoms with Crippen LogP contribution in [0.2, 0.25) is 5.02 Å². The van der Waals surface area contributed by atoms with E-state index < -0.39 is 5.25 Å². The maximum atomic E-state index is 12.4. The minimum atomic E-state index is -0.515. The molecule has 0 unspecified atom stereocenters. The third kappa shape index (κ3) is 3.75. The van der Waals surface area contributed by atoms with E-state index in [1.54, 1.807) is 42.6 Å². The lowest BCUT2D eigenvalue weighted by molar-refractivity contribution is -0.116. The zero-order valence-corrected chi connectivity index (χ0v) is 16.0. The minimum absolute atomic E-state index is 0.0192. The lowest BCUT2D eigenvalue weighted by Crippen LogP contribution is -2.33. The van der Waals surface area contributed by atoms with Crippen LogP contribution in [0.25, 0.3) is 0 Å². The number of carbonyl (C=O) groups is 2. The van der Waals surface area contributed by atoms with Crippen molar-refractivity contribution in [3.63, 3.8) is 0 Å². The van der Waals surface area contributed by atoms with Gasteiger partial charge in [-0.15, -0.1) is 11.3 Å². The number of amides is 2. The second kappa shape index (κ2) is 7.91. The Bertz CT molecular complexity index is 935. The summed E-state index contributed by atoms with van der Waals surface area (Å²) in [5.74, 6) is -0.465. The molecule has 6 nitrogen and oxygen atoms in total. The SMILES string of the molecule is C[C@@H](SC1=NCC(=O)N1c1ccccc1Cl)C(=O)Nc1sccc1C#N. The fraction of sp³-hybridized carbons (Fsp3) is 0.176. The average molecular weight is 405 g/mol. The van der Waals surface area contributed by atoms with Gasteiger partial charge in [0.2, 0.25) is 5.91 Å². The molecular weight excluding hydrogens is 392 g/mol. The number of nitrogens with zero attached hydrogens (tertiary/aromatic N) is 3. The van der Waals surface area contributed by atoms with Crippen molar-refractivity contribution in [1.29, 1.82) is 5.26 Å². The molecule has 0 radical (unpaired) electrons. The number of halogens is 1. The maximum absolute atomic E-state index is 12.4. The van der Waals surface area contributed by atoms with Crippen LogP contribution in [-0.4, -0.2) is 28.8 Å². The summed E-state index contributed by atoms with van der Waals surface area (Å²) >= 11 is 8.65. The molecule has 9 heteroatoms. The molecule has 2 aromatic rings. The molecule has 0 spiro atoms. The summed E-state index contributed by atoms with van der Waals surface area (Å²) < 4.78 is 0. The van der Waals surface area contributed by atoms with Crippen molar-refractivity contribution in [2.45, 2.75) is 12.2 Å². The summed E-state index contributed by atoms with van der Waals surface area (Å²) in [6.45, 7) is 1.74. The normalized spacial score (nSPS) is 14.7. The number of hydrogen-bond donors (Lipinski definition) is 1. The van der Waals surface area contributed by atoms with Crippen molar-refractivity contribution in [3.05, 3.63) is 46.3 Å². The number of thiophene rings is 1. The van der Waals surface area contributed by atoms with Gasteiger partial charge < -0.3 is 5.32 Å². The molecule has 26 heavy (non-hydrogen) atoms. The Hall–Kier alpha value is -2.34. The van der Waals surface area contributed by atoms with Gasteiger partial charge in [-0.3, -0.25) is 19.5 Å². The predicted molar refractivity (Wildman–Crippen MR) is 106 cm³/mol. The molecule has 1 aromatic heterocycles. The Kier molecular flexibility index (Phi) is 5.61. The van der Waals surface area contributed by atoms with Crippen molar-refractivity contribution in [3.8, 4) is 6.07 Å². The van der Waals surface area contributed by atoms with Crippen LogP contribution in [0.4, 0.5) is 10.7 Å². The van der Waals surface area contributed by atoms with Gasteiger partial charge in [-0.05, 0) is 30.5 Å². The predicted octanol–water partition coefficient (Wildman–Crippen LogP) is 3.74. The molecule has 132 valence electrons. The third-order valence-corrected chi connectivity index (χ3v) is 5.80. The van der Waals surface area contributed by atoms with Crippen LogP contribution in [-0.2, 0) is 9.59 Å². The van der Waals surface area contributed by atoms with Gasteiger partial charge in [0.15, 0.2) is 5.17 Å². The monoisotopic (exact) mass is 404 g/mol. The number of amidine groups is 1. The lowest BCUT2D eigenvalue weighted by atomic mass is 10.3. The van der Waals surface area contributed by atoms with Crippen molar-refractivity contribution in [1.82, 2.24) is 0 Å². The van der Waals surface area contributed by atoms with E-state index in [0.717, 1.165) is 0 Å². The number of aliphatic imine (C=N–C) groups is 1. The molecule has 1 atom stereocenters. The fourth-order valence-electron chi connectivity index (χ4n) is 2.26. The summed E-state index contributed by atoms with van der Waals surface area (Å²) in [6, 6.07) is 10.7. The topological polar surface area (TPSA) is 85.6 Å². The molecule has 1 N–H and O–H groups in total. The summed E-state index contributed by atoms with van der Waals surface area (Å²) in [6.07, 6.45) is 0. The number of thioether (sulfide) groups is 1. The second-order valence-electron chi connectivity index (χ2n) is 5.30. The quantitative estimate of drug-likeness (QED) is 0.841. The van der Waals surface area contributed by atoms with E-state index in [2.05, 4.69) is 10.3 Å². The number of nitriles is 1. The van der Waals surface area contributed by atoms with E-state index in [1.165, 1.54) is 28.0 Å². The van der Waals surface area contributed by atoms with E-state index in [-0.39, 0.29) is 18.4 Å². The number of carbonyl (C=O) groups excluding carboxylic acids is 2. The lowest BCUT2D eigenvalue weighted by Gasteiger charge is -2.21. The number of benzene rings is 1. The van der Waals surface area contributed by atoms with Crippen LogP contribution in [0.5, 0.6) is 0 Å². The summed E-state index contributed by atoms with van der Waals surface area (Å²) in [5.41, 5.74) is 0.965. The Labute approximate surface area is 163 Å². The summed E-state index contributed by atoms with van der Waals surface area (Å²) in [7, 11) is 0. The molecule has 0 aliphatic carbocycles. The molecule has 0 saturated heterocycles. The molecule has 2 heterocycles. The van der Waals surface area contributed by atoms with Gasteiger partial charge in [0.05, 0.1) is 21.5 Å². The largest absolute Gasteiger partial charge is 0.316 e. The smallest absolute Gasteiger partial charge is 0.254 e. The number of para-hydroxylation sites is 1. The Morgan fingerprint density at radius 2 is 2.23 bits per heavy atom. The molecule has 1 aromatic carbocycles. The van der Waals surface area contributed by atoms with E-state index >= 15 is 0 Å². The zero-order valence-electron chi connectivity index (χ0n) is 13.6. The third-order valence-electron chi connectivity index (χ3n) is 3.56. The van der Waals surface area contributed by atoms with Gasteiger partial charge in [-0.2, -0.15) is 5.26 Å². The van der Waals surface area contributed by atoms with Gasteiger partial charge in [0.25, 0.3) is 5.91 Å². The number of anilines is 2. The van der Waals surface area contributed by atoms with Crippen LogP contribution in [0.3, 0.4) is 0 Å². The first-order valence-corrected chi connectivity index (χ1v) is 9.72. The second-order valence-corrected chi connectivity index (χ2v) is 7.94. The van der Waals surface area contributed by atoms with Gasteiger partial charge in [0, 0.05) is 0 Å². The highest BCUT2D eigenvalue weighted by molar-refractivity contribution is 8.15. The van der Waals surface area contributed by atoms with E-state index in [1.807, 2.05) is 6.07 Å². The van der Waals surface area contributed by atoms with Crippen molar-refractivity contribution < 1.29 is 9.59 Å². The molecule has 0 bridgehead atoms. The summed E-state index contributed by atoms with van der Waals surface area (Å²) in [5, 5.41) is 14.4. The van der Waals surface area contributed by atoms with Crippen LogP contribution < -0.4 is 10.2 Å². The minimum Gasteiger partial charge on any atom is -0.316 e. The first-order valence-electron chi connectivity index (χ1n) is 7.58. The molecule has 3 rings (SSSR count). The van der Waals surface area contributed by atoms with Crippen LogP contribution >= 0.6 is 34.7 Å². The van der Waals surface area contributed by atoms with Crippen molar-refractivity contribution in [2.75, 3.05) is 16.8 Å². The van der Waals surface area contributed by atoms with Crippen LogP contribution in [0.1, 0.15) is 12.5 Å². The van der Waals surface area contributed by atoms with Crippen molar-refractivity contribution >= 4 is 62.4 Å². The van der Waals surface area contributed by atoms with Gasteiger partial charge in [-0.1, -0.05) is 35.5 Å². The Morgan fingerprint density at radius 3 is 2.96 bits per heavy atom. The first-order chi connectivity index (χ1) is 12.5. The maximum Gasteiger partial charge on any atom is 0.254 e. The number of hydrogen-bond acceptors (Lipinski definition) is 6. The average Bonchev–Trinajstić information content (AvgIpc) is 3.22. The van der Waals surface area contributed by atoms with Crippen molar-refractivity contribution in [2.24, 2.45) is 4.99 Å². The molecule has 0 fully saturated rings. The first kappa shape index (κ1) is 18.5. The highest BCUT2D eigenvalue weighted by Gasteiger charge is 2.31. The molecule has 1 aliphatic rings. The van der Waals surface area contributed by atoms with E-state index in [9.17, 15) is 9.59 Å². The fourth-order valence-corrected chi connectivity index (χ4v) is 4.15. The highest BCUT2D eigenvalue weighted by atomic mass is 35.5.